The summed E-state index contributed by atoms with van der Waals surface area (Å²) in [5.41, 5.74) is 4.78. The van der Waals surface area contributed by atoms with Crippen LogP contribution in [0.15, 0.2) is 54.9 Å². The highest BCUT2D eigenvalue weighted by molar-refractivity contribution is 5.56. The van der Waals surface area contributed by atoms with E-state index in [2.05, 4.69) is 57.4 Å². The van der Waals surface area contributed by atoms with E-state index in [1.807, 2.05) is 25.4 Å². The van der Waals surface area contributed by atoms with Gasteiger partial charge in [-0.2, -0.15) is 0 Å². The molecule has 0 aliphatic carbocycles. The third-order valence-corrected chi connectivity index (χ3v) is 5.33. The average molecular weight is 374 g/mol. The van der Waals surface area contributed by atoms with Gasteiger partial charge < -0.3 is 5.32 Å². The van der Waals surface area contributed by atoms with Gasteiger partial charge in [0.1, 0.15) is 5.82 Å². The number of likely N-dealkylation sites (tertiary alicyclic amines) is 1. The van der Waals surface area contributed by atoms with Crippen molar-refractivity contribution in [3.05, 3.63) is 71.7 Å². The highest BCUT2D eigenvalue weighted by atomic mass is 15.1. The van der Waals surface area contributed by atoms with E-state index in [1.165, 1.54) is 17.5 Å². The van der Waals surface area contributed by atoms with Crippen LogP contribution in [0.2, 0.25) is 0 Å². The maximum atomic E-state index is 4.91. The van der Waals surface area contributed by atoms with Gasteiger partial charge in [0.2, 0.25) is 0 Å². The van der Waals surface area contributed by atoms with Gasteiger partial charge in [-0.15, -0.1) is 0 Å². The molecule has 4 rings (SSSR count). The molecular formula is C23H27N5. The van der Waals surface area contributed by atoms with Gasteiger partial charge in [-0.3, -0.25) is 9.88 Å². The lowest BCUT2D eigenvalue weighted by Crippen LogP contribution is -2.34. The van der Waals surface area contributed by atoms with Crippen molar-refractivity contribution >= 4 is 5.82 Å². The van der Waals surface area contributed by atoms with Crippen molar-refractivity contribution in [1.29, 1.82) is 0 Å². The Morgan fingerprint density at radius 2 is 2.07 bits per heavy atom. The Morgan fingerprint density at radius 3 is 2.86 bits per heavy atom. The molecule has 1 aromatic carbocycles. The van der Waals surface area contributed by atoms with Gasteiger partial charge >= 0.3 is 0 Å². The van der Waals surface area contributed by atoms with E-state index in [9.17, 15) is 0 Å². The summed E-state index contributed by atoms with van der Waals surface area (Å²) in [6.45, 7) is 5.32. The zero-order valence-corrected chi connectivity index (χ0v) is 16.6. The van der Waals surface area contributed by atoms with Crippen LogP contribution >= 0.6 is 0 Å². The Labute approximate surface area is 166 Å². The average Bonchev–Trinajstić information content (AvgIpc) is 2.74. The van der Waals surface area contributed by atoms with Crippen molar-refractivity contribution in [3.63, 3.8) is 0 Å². The number of nitrogens with zero attached hydrogens (tertiary/aromatic N) is 4. The van der Waals surface area contributed by atoms with E-state index in [0.29, 0.717) is 5.92 Å². The quantitative estimate of drug-likeness (QED) is 0.724. The number of benzene rings is 1. The predicted molar refractivity (Wildman–Crippen MR) is 113 cm³/mol. The lowest BCUT2D eigenvalue weighted by atomic mass is 9.94. The maximum absolute atomic E-state index is 4.91. The molecule has 1 fully saturated rings. The minimum atomic E-state index is 0.420. The number of aromatic nitrogens is 3. The van der Waals surface area contributed by atoms with Gasteiger partial charge in [0.15, 0.2) is 5.82 Å². The molecule has 144 valence electrons. The van der Waals surface area contributed by atoms with Gasteiger partial charge in [0.25, 0.3) is 0 Å². The van der Waals surface area contributed by atoms with Crippen molar-refractivity contribution in [2.75, 3.05) is 25.5 Å². The fraction of sp³-hybridized carbons (Fsp3) is 0.348. The first-order chi connectivity index (χ1) is 13.7. The Hall–Kier alpha value is -2.79. The smallest absolute Gasteiger partial charge is 0.163 e. The lowest BCUT2D eigenvalue weighted by Gasteiger charge is -2.32. The first-order valence-corrected chi connectivity index (χ1v) is 9.96. The van der Waals surface area contributed by atoms with Crippen molar-refractivity contribution in [1.82, 2.24) is 19.9 Å². The molecular weight excluding hydrogens is 346 g/mol. The number of nitrogens with one attached hydrogen (secondary N) is 1. The number of hydrogen-bond acceptors (Lipinski definition) is 5. The van der Waals surface area contributed by atoms with Crippen molar-refractivity contribution in [2.45, 2.75) is 32.2 Å². The summed E-state index contributed by atoms with van der Waals surface area (Å²) in [6.07, 6.45) is 5.95. The Balaban J connectivity index is 1.56. The fourth-order valence-electron chi connectivity index (χ4n) is 3.94. The molecule has 5 nitrogen and oxygen atoms in total. The standard InChI is InChI=1S/C23H27N5/c1-17-6-3-7-18(12-17)15-28-11-5-9-20(16-28)21-13-22(24-2)27-23(26-21)19-8-4-10-25-14-19/h3-4,6-8,10,12-14,20H,5,9,11,15-16H2,1-2H3,(H,24,26,27). The third-order valence-electron chi connectivity index (χ3n) is 5.33. The topological polar surface area (TPSA) is 53.9 Å². The molecule has 5 heteroatoms. The van der Waals surface area contributed by atoms with Crippen molar-refractivity contribution in [2.24, 2.45) is 0 Å². The van der Waals surface area contributed by atoms with Crippen LogP contribution in [0.25, 0.3) is 11.4 Å². The Kier molecular flexibility index (Phi) is 5.63. The second-order valence-corrected chi connectivity index (χ2v) is 7.56. The molecule has 0 bridgehead atoms. The summed E-state index contributed by atoms with van der Waals surface area (Å²) < 4.78 is 0. The first-order valence-electron chi connectivity index (χ1n) is 9.96. The fourth-order valence-corrected chi connectivity index (χ4v) is 3.94. The molecule has 0 radical (unpaired) electrons. The van der Waals surface area contributed by atoms with E-state index in [0.717, 1.165) is 49.0 Å². The van der Waals surface area contributed by atoms with Crippen LogP contribution in [0.3, 0.4) is 0 Å². The van der Waals surface area contributed by atoms with E-state index in [1.54, 1.807) is 6.20 Å². The highest BCUT2D eigenvalue weighted by Crippen LogP contribution is 2.29. The van der Waals surface area contributed by atoms with Crippen molar-refractivity contribution < 1.29 is 0 Å². The minimum Gasteiger partial charge on any atom is -0.373 e. The number of piperidine rings is 1. The molecule has 1 unspecified atom stereocenters. The SMILES string of the molecule is CNc1cc(C2CCCN(Cc3cccc(C)c3)C2)nc(-c2cccnc2)n1. The van der Waals surface area contributed by atoms with E-state index < -0.39 is 0 Å². The van der Waals surface area contributed by atoms with Crippen LogP contribution in [0.4, 0.5) is 5.82 Å². The van der Waals surface area contributed by atoms with Crippen LogP contribution in [-0.2, 0) is 6.54 Å². The largest absolute Gasteiger partial charge is 0.373 e. The second-order valence-electron chi connectivity index (χ2n) is 7.56. The van der Waals surface area contributed by atoms with Gasteiger partial charge in [0.05, 0.1) is 5.69 Å². The summed E-state index contributed by atoms with van der Waals surface area (Å²) in [5.74, 6) is 2.02. The molecule has 1 aliphatic rings. The summed E-state index contributed by atoms with van der Waals surface area (Å²) in [4.78, 5) is 16.3. The molecule has 0 amide bonds. The van der Waals surface area contributed by atoms with Gasteiger partial charge in [-0.25, -0.2) is 9.97 Å². The van der Waals surface area contributed by atoms with Crippen molar-refractivity contribution in [3.8, 4) is 11.4 Å². The molecule has 1 atom stereocenters. The summed E-state index contributed by atoms with van der Waals surface area (Å²) in [7, 11) is 1.91. The monoisotopic (exact) mass is 373 g/mol. The molecule has 28 heavy (non-hydrogen) atoms. The zero-order valence-electron chi connectivity index (χ0n) is 16.6. The van der Waals surface area contributed by atoms with E-state index in [-0.39, 0.29) is 0 Å². The molecule has 0 saturated carbocycles. The molecule has 1 aliphatic heterocycles. The number of aryl methyl sites for hydroxylation is 1. The Bertz CT molecular complexity index is 925. The lowest BCUT2D eigenvalue weighted by molar-refractivity contribution is 0.198. The zero-order chi connectivity index (χ0) is 19.3. The predicted octanol–water partition coefficient (Wildman–Crippen LogP) is 4.27. The molecule has 1 N–H and O–H groups in total. The third kappa shape index (κ3) is 4.37. The van der Waals surface area contributed by atoms with Crippen LogP contribution in [-0.4, -0.2) is 40.0 Å². The number of pyridine rings is 1. The summed E-state index contributed by atoms with van der Waals surface area (Å²) in [6, 6.07) is 14.8. The van der Waals surface area contributed by atoms with Crippen LogP contribution in [0.5, 0.6) is 0 Å². The van der Waals surface area contributed by atoms with E-state index >= 15 is 0 Å². The van der Waals surface area contributed by atoms with Crippen LogP contribution in [0.1, 0.15) is 35.6 Å². The molecule has 3 heterocycles. The van der Waals surface area contributed by atoms with Crippen LogP contribution < -0.4 is 5.32 Å². The summed E-state index contributed by atoms with van der Waals surface area (Å²) >= 11 is 0. The Morgan fingerprint density at radius 1 is 1.14 bits per heavy atom. The number of anilines is 1. The number of hydrogen-bond donors (Lipinski definition) is 1. The van der Waals surface area contributed by atoms with Gasteiger partial charge in [-0.1, -0.05) is 29.8 Å². The molecule has 1 saturated heterocycles. The molecule has 3 aromatic rings. The number of rotatable bonds is 5. The van der Waals surface area contributed by atoms with Gasteiger partial charge in [0, 0.05) is 50.1 Å². The summed E-state index contributed by atoms with van der Waals surface area (Å²) in [5, 5.41) is 3.19. The van der Waals surface area contributed by atoms with Gasteiger partial charge in [-0.05, 0) is 44.0 Å². The second kappa shape index (κ2) is 8.48. The maximum Gasteiger partial charge on any atom is 0.163 e. The minimum absolute atomic E-state index is 0.420. The van der Waals surface area contributed by atoms with E-state index in [4.69, 9.17) is 4.98 Å². The first kappa shape index (κ1) is 18.6. The normalized spacial score (nSPS) is 17.4. The van der Waals surface area contributed by atoms with Crippen LogP contribution in [0, 0.1) is 6.92 Å². The highest BCUT2D eigenvalue weighted by Gasteiger charge is 2.23. The molecule has 0 spiro atoms. The molecule has 2 aromatic heterocycles.